The predicted molar refractivity (Wildman–Crippen MR) is 79.9 cm³/mol. The Morgan fingerprint density at radius 1 is 1.25 bits per heavy atom. The molecule has 1 heterocycles. The maximum absolute atomic E-state index is 11.4. The molecule has 1 aromatic heterocycles. The molecule has 4 nitrogen and oxygen atoms in total. The third-order valence-corrected chi connectivity index (χ3v) is 3.72. The molecule has 0 saturated heterocycles. The number of aryl methyl sites for hydroxylation is 2. The number of hydrogen-bond acceptors (Lipinski definition) is 2. The highest BCUT2D eigenvalue weighted by Crippen LogP contribution is 2.21. The zero-order chi connectivity index (χ0) is 14.9. The molecule has 2 rings (SSSR count). The number of rotatable bonds is 3. The van der Waals surface area contributed by atoms with Gasteiger partial charge in [-0.3, -0.25) is 4.79 Å². The second-order valence-corrected chi connectivity index (χ2v) is 5.22. The number of para-hydroxylation sites is 1. The van der Waals surface area contributed by atoms with Gasteiger partial charge in [-0.2, -0.15) is 5.10 Å². The monoisotopic (exact) mass is 271 g/mol. The van der Waals surface area contributed by atoms with Gasteiger partial charge in [-0.25, -0.2) is 4.68 Å². The maximum Gasteiger partial charge on any atom is 0.219 e. The normalized spacial score (nSPS) is 10.7. The van der Waals surface area contributed by atoms with E-state index >= 15 is 0 Å². The van der Waals surface area contributed by atoms with Crippen molar-refractivity contribution in [1.82, 2.24) is 14.7 Å². The summed E-state index contributed by atoms with van der Waals surface area (Å²) in [5.41, 5.74) is 5.45. The average Bonchev–Trinajstić information content (AvgIpc) is 2.67. The Kier molecular flexibility index (Phi) is 3.93. The molecule has 0 saturated carbocycles. The van der Waals surface area contributed by atoms with Gasteiger partial charge in [0.25, 0.3) is 0 Å². The molecule has 0 unspecified atom stereocenters. The van der Waals surface area contributed by atoms with Crippen LogP contribution in [0.1, 0.15) is 29.4 Å². The standard InChI is InChI=1S/C16H21N3O/c1-11-8-6-7-9-16(11)19-13(3)15(12(2)17-19)10-18(5)14(4)20/h6-9H,10H2,1-5H3. The first-order valence-electron chi connectivity index (χ1n) is 6.74. The van der Waals surface area contributed by atoms with Crippen LogP contribution in [0, 0.1) is 20.8 Å². The van der Waals surface area contributed by atoms with Crippen LogP contribution in [0.4, 0.5) is 0 Å². The highest BCUT2D eigenvalue weighted by atomic mass is 16.2. The lowest BCUT2D eigenvalue weighted by atomic mass is 10.1. The molecule has 0 atom stereocenters. The number of aromatic nitrogens is 2. The van der Waals surface area contributed by atoms with Gasteiger partial charge in [-0.1, -0.05) is 18.2 Å². The Morgan fingerprint density at radius 3 is 2.50 bits per heavy atom. The van der Waals surface area contributed by atoms with Gasteiger partial charge in [-0.05, 0) is 32.4 Å². The first-order chi connectivity index (χ1) is 9.41. The van der Waals surface area contributed by atoms with Gasteiger partial charge in [0.15, 0.2) is 0 Å². The van der Waals surface area contributed by atoms with Crippen molar-refractivity contribution in [3.63, 3.8) is 0 Å². The van der Waals surface area contributed by atoms with Crippen LogP contribution in [0.15, 0.2) is 24.3 Å². The third-order valence-electron chi connectivity index (χ3n) is 3.72. The number of nitrogens with zero attached hydrogens (tertiary/aromatic N) is 3. The summed E-state index contributed by atoms with van der Waals surface area (Å²) in [6.45, 7) is 8.29. The van der Waals surface area contributed by atoms with Gasteiger partial charge in [0.05, 0.1) is 11.4 Å². The van der Waals surface area contributed by atoms with E-state index in [2.05, 4.69) is 31.1 Å². The lowest BCUT2D eigenvalue weighted by Crippen LogP contribution is -2.23. The number of carbonyl (C=O) groups excluding carboxylic acids is 1. The van der Waals surface area contributed by atoms with E-state index in [1.165, 1.54) is 5.56 Å². The van der Waals surface area contributed by atoms with Crippen molar-refractivity contribution in [2.45, 2.75) is 34.2 Å². The van der Waals surface area contributed by atoms with Crippen LogP contribution >= 0.6 is 0 Å². The summed E-state index contributed by atoms with van der Waals surface area (Å²) in [6.07, 6.45) is 0. The van der Waals surface area contributed by atoms with Crippen LogP contribution in [0.5, 0.6) is 0 Å². The van der Waals surface area contributed by atoms with Gasteiger partial charge in [0, 0.05) is 31.8 Å². The summed E-state index contributed by atoms with van der Waals surface area (Å²) in [5.74, 6) is 0.0624. The first-order valence-corrected chi connectivity index (χ1v) is 6.74. The predicted octanol–water partition coefficient (Wildman–Crippen LogP) is 2.78. The number of carbonyl (C=O) groups is 1. The Bertz CT molecular complexity index is 643. The van der Waals surface area contributed by atoms with Crippen molar-refractivity contribution in [2.75, 3.05) is 7.05 Å². The number of hydrogen-bond donors (Lipinski definition) is 0. The van der Waals surface area contributed by atoms with E-state index < -0.39 is 0 Å². The molecule has 20 heavy (non-hydrogen) atoms. The van der Waals surface area contributed by atoms with E-state index in [-0.39, 0.29) is 5.91 Å². The van der Waals surface area contributed by atoms with Crippen LogP contribution in [-0.4, -0.2) is 27.6 Å². The smallest absolute Gasteiger partial charge is 0.219 e. The van der Waals surface area contributed by atoms with Crippen molar-refractivity contribution >= 4 is 5.91 Å². The molecule has 1 amide bonds. The number of amides is 1. The summed E-state index contributed by atoms with van der Waals surface area (Å²) in [6, 6.07) is 8.18. The molecule has 0 bridgehead atoms. The molecule has 0 aliphatic carbocycles. The minimum Gasteiger partial charge on any atom is -0.342 e. The summed E-state index contributed by atoms with van der Waals surface area (Å²) >= 11 is 0. The van der Waals surface area contributed by atoms with E-state index in [9.17, 15) is 4.79 Å². The second kappa shape index (κ2) is 5.49. The van der Waals surface area contributed by atoms with E-state index in [4.69, 9.17) is 0 Å². The fourth-order valence-electron chi connectivity index (χ4n) is 2.29. The van der Waals surface area contributed by atoms with Gasteiger partial charge in [0.2, 0.25) is 5.91 Å². The molecule has 0 N–H and O–H groups in total. The zero-order valence-electron chi connectivity index (χ0n) is 12.8. The molecule has 0 radical (unpaired) electrons. The van der Waals surface area contributed by atoms with E-state index in [1.807, 2.05) is 30.8 Å². The molecule has 1 aromatic carbocycles. The molecule has 2 aromatic rings. The SMILES string of the molecule is CC(=O)N(C)Cc1c(C)nn(-c2ccccc2C)c1C. The van der Waals surface area contributed by atoms with E-state index in [0.29, 0.717) is 6.54 Å². The second-order valence-electron chi connectivity index (χ2n) is 5.22. The molecular formula is C16H21N3O. The van der Waals surface area contributed by atoms with Crippen LogP contribution in [0.3, 0.4) is 0 Å². The summed E-state index contributed by atoms with van der Waals surface area (Å²) < 4.78 is 1.97. The van der Waals surface area contributed by atoms with Gasteiger partial charge >= 0.3 is 0 Å². The van der Waals surface area contributed by atoms with Crippen molar-refractivity contribution in [1.29, 1.82) is 0 Å². The molecule has 0 aliphatic heterocycles. The van der Waals surface area contributed by atoms with Crippen LogP contribution < -0.4 is 0 Å². The average molecular weight is 271 g/mol. The fourth-order valence-corrected chi connectivity index (χ4v) is 2.29. The minimum atomic E-state index is 0.0624. The van der Waals surface area contributed by atoms with Crippen molar-refractivity contribution in [3.05, 3.63) is 46.8 Å². The maximum atomic E-state index is 11.4. The fraction of sp³-hybridized carbons (Fsp3) is 0.375. The molecule has 0 aliphatic rings. The summed E-state index contributed by atoms with van der Waals surface area (Å²) in [5, 5.41) is 4.63. The zero-order valence-corrected chi connectivity index (χ0v) is 12.8. The Morgan fingerprint density at radius 2 is 1.90 bits per heavy atom. The summed E-state index contributed by atoms with van der Waals surface area (Å²) in [4.78, 5) is 13.1. The third kappa shape index (κ3) is 2.59. The molecule has 4 heteroatoms. The van der Waals surface area contributed by atoms with Crippen LogP contribution in [-0.2, 0) is 11.3 Å². The first kappa shape index (κ1) is 14.3. The van der Waals surface area contributed by atoms with Crippen LogP contribution in [0.2, 0.25) is 0 Å². The lowest BCUT2D eigenvalue weighted by molar-refractivity contribution is -0.128. The number of benzene rings is 1. The highest BCUT2D eigenvalue weighted by molar-refractivity contribution is 5.72. The van der Waals surface area contributed by atoms with Crippen LogP contribution in [0.25, 0.3) is 5.69 Å². The largest absolute Gasteiger partial charge is 0.342 e. The summed E-state index contributed by atoms with van der Waals surface area (Å²) in [7, 11) is 1.81. The molecule has 0 fully saturated rings. The van der Waals surface area contributed by atoms with Gasteiger partial charge in [0.1, 0.15) is 0 Å². The Labute approximate surface area is 120 Å². The van der Waals surface area contributed by atoms with Crippen molar-refractivity contribution < 1.29 is 4.79 Å². The Hall–Kier alpha value is -2.10. The molecular weight excluding hydrogens is 250 g/mol. The van der Waals surface area contributed by atoms with E-state index in [1.54, 1.807) is 11.8 Å². The van der Waals surface area contributed by atoms with Crippen molar-refractivity contribution in [2.24, 2.45) is 0 Å². The topological polar surface area (TPSA) is 38.1 Å². The van der Waals surface area contributed by atoms with Crippen molar-refractivity contribution in [3.8, 4) is 5.69 Å². The highest BCUT2D eigenvalue weighted by Gasteiger charge is 2.16. The minimum absolute atomic E-state index is 0.0624. The quantitative estimate of drug-likeness (QED) is 0.861. The molecule has 106 valence electrons. The Balaban J connectivity index is 2.44. The van der Waals surface area contributed by atoms with E-state index in [0.717, 1.165) is 22.6 Å². The lowest BCUT2D eigenvalue weighted by Gasteiger charge is -2.15. The van der Waals surface area contributed by atoms with Gasteiger partial charge in [-0.15, -0.1) is 0 Å². The molecule has 0 spiro atoms. The van der Waals surface area contributed by atoms with Gasteiger partial charge < -0.3 is 4.90 Å².